The second kappa shape index (κ2) is 69.8. The van der Waals surface area contributed by atoms with Crippen LogP contribution in [-0.4, -0.2) is 37.2 Å². The first kappa shape index (κ1) is 78.3. The topological polar surface area (TPSA) is 78.9 Å². The Balaban J connectivity index is 4.22. The largest absolute Gasteiger partial charge is 0.462 e. The summed E-state index contributed by atoms with van der Waals surface area (Å²) >= 11 is 0. The quantitative estimate of drug-likeness (QED) is 0.0261. The van der Waals surface area contributed by atoms with Crippen molar-refractivity contribution >= 4 is 17.9 Å². The monoisotopic (exact) mass is 1140 g/mol. The lowest BCUT2D eigenvalue weighted by atomic mass is 10.0. The van der Waals surface area contributed by atoms with Crippen LogP contribution in [0.2, 0.25) is 0 Å². The lowest BCUT2D eigenvalue weighted by molar-refractivity contribution is -0.167. The predicted octanol–water partition coefficient (Wildman–Crippen LogP) is 24.4. The first-order valence-corrected chi connectivity index (χ1v) is 35.2. The maximum absolute atomic E-state index is 12.9. The third kappa shape index (κ3) is 67.1. The van der Waals surface area contributed by atoms with Gasteiger partial charge >= 0.3 is 17.9 Å². The van der Waals surface area contributed by atoms with Crippen LogP contribution in [0.1, 0.15) is 348 Å². The van der Waals surface area contributed by atoms with Crippen molar-refractivity contribution in [1.82, 2.24) is 0 Å². The van der Waals surface area contributed by atoms with Crippen molar-refractivity contribution in [2.24, 2.45) is 0 Å². The molecule has 0 bridgehead atoms. The zero-order chi connectivity index (χ0) is 59.2. The van der Waals surface area contributed by atoms with Gasteiger partial charge in [0.15, 0.2) is 6.10 Å². The second-order valence-corrected chi connectivity index (χ2v) is 23.4. The summed E-state index contributed by atoms with van der Waals surface area (Å²) in [6.07, 6.45) is 94.4. The molecular formula is C76H132O6. The molecule has 0 aromatic carbocycles. The summed E-state index contributed by atoms with van der Waals surface area (Å²) in [5.41, 5.74) is 0. The Bertz CT molecular complexity index is 1590. The molecule has 0 aliphatic rings. The standard InChI is InChI=1S/C76H132O6/c1-4-7-10-13-16-19-22-25-27-29-31-33-34-35-36-37-38-39-40-41-42-44-45-47-49-51-54-57-60-63-66-69-75(78)81-72-73(71-80-74(77)68-65-62-59-56-53-24-21-18-15-12-9-6-3)82-76(79)70-67-64-61-58-55-52-50-48-46-43-32-30-28-26-23-20-17-14-11-8-5-2/h7,10,16,18-19,21,23,25-27,30-33,46,48,73H,4-6,8-9,11-15,17,20,22,24,28-29,34-45,47,49-72H2,1-3H3/b10-7-,19-16-,21-18-,26-23-,27-25-,32-30-,33-31-,48-46-. The van der Waals surface area contributed by atoms with Crippen LogP contribution in [0.25, 0.3) is 0 Å². The van der Waals surface area contributed by atoms with Crippen LogP contribution in [0, 0.1) is 0 Å². The molecule has 0 aliphatic heterocycles. The molecule has 0 amide bonds. The number of ether oxygens (including phenoxy) is 3. The Morgan fingerprint density at radius 2 is 0.476 bits per heavy atom. The smallest absolute Gasteiger partial charge is 0.306 e. The normalized spacial score (nSPS) is 12.7. The summed E-state index contributed by atoms with van der Waals surface area (Å²) in [7, 11) is 0. The molecule has 0 N–H and O–H groups in total. The molecule has 1 atom stereocenters. The SMILES string of the molecule is CC/C=C\C/C=C\C/C=C\C/C=C\CCCCCCCCCCCCCCCCCCCCC(=O)OCC(COC(=O)CCCCCCC/C=C\CCCCC)OC(=O)CCCCCCCC/C=C\C/C=C\C/C=C\CCCCCCC. The zero-order valence-electron chi connectivity index (χ0n) is 54.2. The maximum Gasteiger partial charge on any atom is 0.306 e. The highest BCUT2D eigenvalue weighted by Gasteiger charge is 2.19. The minimum absolute atomic E-state index is 0.0824. The molecule has 0 heterocycles. The summed E-state index contributed by atoms with van der Waals surface area (Å²) in [5, 5.41) is 0. The Kier molecular flexibility index (Phi) is 66.7. The fourth-order valence-corrected chi connectivity index (χ4v) is 10.0. The maximum atomic E-state index is 12.9. The molecule has 0 spiro atoms. The molecule has 1 unspecified atom stereocenters. The third-order valence-electron chi connectivity index (χ3n) is 15.3. The summed E-state index contributed by atoms with van der Waals surface area (Å²) in [6.45, 7) is 6.51. The van der Waals surface area contributed by atoms with Gasteiger partial charge in [0.2, 0.25) is 0 Å². The van der Waals surface area contributed by atoms with Gasteiger partial charge in [-0.05, 0) is 122 Å². The number of carbonyl (C=O) groups is 3. The summed E-state index contributed by atoms with van der Waals surface area (Å²) in [6, 6.07) is 0. The van der Waals surface area contributed by atoms with Crippen molar-refractivity contribution in [1.29, 1.82) is 0 Å². The molecule has 6 nitrogen and oxygen atoms in total. The molecule has 0 rings (SSSR count). The second-order valence-electron chi connectivity index (χ2n) is 23.4. The number of rotatable bonds is 64. The van der Waals surface area contributed by atoms with Crippen molar-refractivity contribution < 1.29 is 28.6 Å². The van der Waals surface area contributed by atoms with Gasteiger partial charge in [-0.2, -0.15) is 0 Å². The van der Waals surface area contributed by atoms with Crippen molar-refractivity contribution in [3.05, 3.63) is 97.2 Å². The number of unbranched alkanes of at least 4 members (excludes halogenated alkanes) is 37. The highest BCUT2D eigenvalue weighted by Crippen LogP contribution is 2.17. The van der Waals surface area contributed by atoms with Gasteiger partial charge in [0.1, 0.15) is 13.2 Å². The molecule has 6 heteroatoms. The Morgan fingerprint density at radius 1 is 0.256 bits per heavy atom. The number of hydrogen-bond acceptors (Lipinski definition) is 6. The van der Waals surface area contributed by atoms with Gasteiger partial charge in [0, 0.05) is 19.3 Å². The summed E-state index contributed by atoms with van der Waals surface area (Å²) in [4.78, 5) is 38.4. The molecular weight excluding hydrogens is 1010 g/mol. The van der Waals surface area contributed by atoms with Crippen LogP contribution in [-0.2, 0) is 28.6 Å². The van der Waals surface area contributed by atoms with Crippen LogP contribution < -0.4 is 0 Å². The van der Waals surface area contributed by atoms with Gasteiger partial charge in [-0.25, -0.2) is 0 Å². The number of allylic oxidation sites excluding steroid dienone is 16. The van der Waals surface area contributed by atoms with E-state index in [1.807, 2.05) is 0 Å². The lowest BCUT2D eigenvalue weighted by Gasteiger charge is -2.18. The average Bonchev–Trinajstić information content (AvgIpc) is 3.47. The van der Waals surface area contributed by atoms with E-state index in [0.717, 1.165) is 116 Å². The fraction of sp³-hybridized carbons (Fsp3) is 0.750. The first-order valence-electron chi connectivity index (χ1n) is 35.2. The van der Waals surface area contributed by atoms with E-state index in [-0.39, 0.29) is 31.1 Å². The molecule has 472 valence electrons. The molecule has 82 heavy (non-hydrogen) atoms. The fourth-order valence-electron chi connectivity index (χ4n) is 10.0. The van der Waals surface area contributed by atoms with E-state index in [4.69, 9.17) is 14.2 Å². The van der Waals surface area contributed by atoms with E-state index in [2.05, 4.69) is 118 Å². The number of esters is 3. The Morgan fingerprint density at radius 3 is 0.780 bits per heavy atom. The average molecular weight is 1140 g/mol. The van der Waals surface area contributed by atoms with Crippen molar-refractivity contribution in [3.8, 4) is 0 Å². The zero-order valence-corrected chi connectivity index (χ0v) is 54.2. The van der Waals surface area contributed by atoms with Gasteiger partial charge in [-0.3, -0.25) is 14.4 Å². The minimum atomic E-state index is -0.788. The highest BCUT2D eigenvalue weighted by molar-refractivity contribution is 5.71. The van der Waals surface area contributed by atoms with E-state index >= 15 is 0 Å². The molecule has 0 radical (unpaired) electrons. The summed E-state index contributed by atoms with van der Waals surface area (Å²) < 4.78 is 16.9. The molecule has 0 aromatic heterocycles. The van der Waals surface area contributed by atoms with E-state index in [0.29, 0.717) is 19.3 Å². The minimum Gasteiger partial charge on any atom is -0.462 e. The molecule has 0 aromatic rings. The van der Waals surface area contributed by atoms with Crippen molar-refractivity contribution in [3.63, 3.8) is 0 Å². The van der Waals surface area contributed by atoms with Crippen LogP contribution in [0.3, 0.4) is 0 Å². The van der Waals surface area contributed by atoms with Gasteiger partial charge in [0.25, 0.3) is 0 Å². The first-order chi connectivity index (χ1) is 40.5. The van der Waals surface area contributed by atoms with Crippen LogP contribution >= 0.6 is 0 Å². The van der Waals surface area contributed by atoms with E-state index in [9.17, 15) is 14.4 Å². The van der Waals surface area contributed by atoms with E-state index in [1.165, 1.54) is 193 Å². The lowest BCUT2D eigenvalue weighted by Crippen LogP contribution is -2.30. The third-order valence-corrected chi connectivity index (χ3v) is 15.3. The van der Waals surface area contributed by atoms with Crippen molar-refractivity contribution in [2.75, 3.05) is 13.2 Å². The van der Waals surface area contributed by atoms with Gasteiger partial charge in [0.05, 0.1) is 0 Å². The predicted molar refractivity (Wildman–Crippen MR) is 357 cm³/mol. The molecule has 0 saturated heterocycles. The van der Waals surface area contributed by atoms with Gasteiger partial charge in [-0.15, -0.1) is 0 Å². The van der Waals surface area contributed by atoms with E-state index < -0.39 is 6.10 Å². The highest BCUT2D eigenvalue weighted by atomic mass is 16.6. The molecule has 0 saturated carbocycles. The Hall–Kier alpha value is -3.67. The summed E-state index contributed by atoms with van der Waals surface area (Å²) in [5.74, 6) is -0.889. The van der Waals surface area contributed by atoms with Crippen LogP contribution in [0.4, 0.5) is 0 Å². The van der Waals surface area contributed by atoms with Crippen LogP contribution in [0.5, 0.6) is 0 Å². The number of hydrogen-bond donors (Lipinski definition) is 0. The van der Waals surface area contributed by atoms with E-state index in [1.54, 1.807) is 0 Å². The van der Waals surface area contributed by atoms with Gasteiger partial charge in [-0.1, -0.05) is 304 Å². The van der Waals surface area contributed by atoms with Crippen LogP contribution in [0.15, 0.2) is 97.2 Å². The Labute approximate surface area is 508 Å². The molecule has 0 aliphatic carbocycles. The van der Waals surface area contributed by atoms with Gasteiger partial charge < -0.3 is 14.2 Å². The molecule has 0 fully saturated rings. The van der Waals surface area contributed by atoms with Crippen molar-refractivity contribution in [2.45, 2.75) is 354 Å². The number of carbonyl (C=O) groups excluding carboxylic acids is 3.